The van der Waals surface area contributed by atoms with E-state index in [0.717, 1.165) is 22.1 Å². The second kappa shape index (κ2) is 6.75. The third-order valence-corrected chi connectivity index (χ3v) is 4.39. The Morgan fingerprint density at radius 3 is 2.46 bits per heavy atom. The molecule has 24 heavy (non-hydrogen) atoms. The third-order valence-electron chi connectivity index (χ3n) is 4.39. The third kappa shape index (κ3) is 3.40. The molecule has 3 nitrogen and oxygen atoms in total. The first-order valence-corrected chi connectivity index (χ1v) is 8.17. The van der Waals surface area contributed by atoms with Gasteiger partial charge in [-0.1, -0.05) is 42.5 Å². The highest BCUT2D eigenvalue weighted by atomic mass is 16.2. The normalized spacial score (nSPS) is 12.0. The van der Waals surface area contributed by atoms with Gasteiger partial charge in [0.2, 0.25) is 5.91 Å². The fourth-order valence-corrected chi connectivity index (χ4v) is 2.72. The van der Waals surface area contributed by atoms with Gasteiger partial charge >= 0.3 is 0 Å². The predicted molar refractivity (Wildman–Crippen MR) is 102 cm³/mol. The van der Waals surface area contributed by atoms with Crippen LogP contribution in [-0.2, 0) is 4.79 Å². The van der Waals surface area contributed by atoms with Crippen molar-refractivity contribution in [3.63, 3.8) is 0 Å². The van der Waals surface area contributed by atoms with Gasteiger partial charge in [0.15, 0.2) is 0 Å². The molecule has 0 saturated heterocycles. The standard InChI is InChI=1S/C21H22N2O/c1-14-7-6-10-20(15(14)2)22-16(3)21(24)23-19-12-11-17-8-4-5-9-18(17)13-19/h4-13,16,22H,1-3H3,(H,23,24)/t16-/m1/s1. The Balaban J connectivity index is 1.72. The second-order valence-electron chi connectivity index (χ2n) is 6.16. The number of carbonyl (C=O) groups excluding carboxylic acids is 1. The smallest absolute Gasteiger partial charge is 0.246 e. The van der Waals surface area contributed by atoms with Crippen LogP contribution in [-0.4, -0.2) is 11.9 Å². The van der Waals surface area contributed by atoms with E-state index in [1.807, 2.05) is 55.5 Å². The molecule has 0 heterocycles. The molecule has 0 aliphatic carbocycles. The first kappa shape index (κ1) is 16.1. The number of hydrogen-bond donors (Lipinski definition) is 2. The molecule has 0 spiro atoms. The molecule has 0 fully saturated rings. The summed E-state index contributed by atoms with van der Waals surface area (Å²) >= 11 is 0. The van der Waals surface area contributed by atoms with E-state index in [-0.39, 0.29) is 11.9 Å². The first-order chi connectivity index (χ1) is 11.5. The summed E-state index contributed by atoms with van der Waals surface area (Å²) in [6, 6.07) is 19.8. The maximum absolute atomic E-state index is 12.5. The molecule has 3 aromatic carbocycles. The molecule has 3 aromatic rings. The minimum Gasteiger partial charge on any atom is -0.374 e. The Bertz CT molecular complexity index is 886. The summed E-state index contributed by atoms with van der Waals surface area (Å²) in [5, 5.41) is 8.56. The van der Waals surface area contributed by atoms with Gasteiger partial charge in [0, 0.05) is 11.4 Å². The van der Waals surface area contributed by atoms with Gasteiger partial charge in [0.1, 0.15) is 6.04 Å². The van der Waals surface area contributed by atoms with Crippen LogP contribution in [0.5, 0.6) is 0 Å². The van der Waals surface area contributed by atoms with Gasteiger partial charge in [0.05, 0.1) is 0 Å². The molecule has 2 N–H and O–H groups in total. The molecule has 0 aliphatic rings. The lowest BCUT2D eigenvalue weighted by Gasteiger charge is -2.18. The fraction of sp³-hybridized carbons (Fsp3) is 0.190. The van der Waals surface area contributed by atoms with Gasteiger partial charge in [0.25, 0.3) is 0 Å². The lowest BCUT2D eigenvalue weighted by Crippen LogP contribution is -2.32. The molecule has 1 atom stereocenters. The Morgan fingerprint density at radius 1 is 0.917 bits per heavy atom. The Labute approximate surface area is 142 Å². The topological polar surface area (TPSA) is 41.1 Å². The fourth-order valence-electron chi connectivity index (χ4n) is 2.72. The zero-order chi connectivity index (χ0) is 17.1. The number of anilines is 2. The van der Waals surface area contributed by atoms with Crippen molar-refractivity contribution in [2.75, 3.05) is 10.6 Å². The van der Waals surface area contributed by atoms with Crippen LogP contribution in [0, 0.1) is 13.8 Å². The lowest BCUT2D eigenvalue weighted by molar-refractivity contribution is -0.116. The van der Waals surface area contributed by atoms with Crippen LogP contribution in [0.25, 0.3) is 10.8 Å². The monoisotopic (exact) mass is 318 g/mol. The molecular weight excluding hydrogens is 296 g/mol. The number of aryl methyl sites for hydroxylation is 1. The summed E-state index contributed by atoms with van der Waals surface area (Å²) in [4.78, 5) is 12.5. The van der Waals surface area contributed by atoms with Crippen LogP contribution >= 0.6 is 0 Å². The maximum atomic E-state index is 12.5. The molecular formula is C21H22N2O. The molecule has 3 rings (SSSR count). The highest BCUT2D eigenvalue weighted by molar-refractivity contribution is 5.98. The lowest BCUT2D eigenvalue weighted by atomic mass is 10.1. The van der Waals surface area contributed by atoms with E-state index in [1.54, 1.807) is 0 Å². The molecule has 3 heteroatoms. The average molecular weight is 318 g/mol. The average Bonchev–Trinajstić information content (AvgIpc) is 2.58. The Hall–Kier alpha value is -2.81. The number of benzene rings is 3. The van der Waals surface area contributed by atoms with Crippen LogP contribution in [0.4, 0.5) is 11.4 Å². The summed E-state index contributed by atoms with van der Waals surface area (Å²) in [5.74, 6) is -0.0498. The van der Waals surface area contributed by atoms with Gasteiger partial charge in [-0.25, -0.2) is 0 Å². The van der Waals surface area contributed by atoms with Crippen molar-refractivity contribution in [2.24, 2.45) is 0 Å². The second-order valence-corrected chi connectivity index (χ2v) is 6.16. The predicted octanol–water partition coefficient (Wildman–Crippen LogP) is 4.90. The molecule has 122 valence electrons. The van der Waals surface area contributed by atoms with Crippen LogP contribution in [0.3, 0.4) is 0 Å². The van der Waals surface area contributed by atoms with Crippen molar-refractivity contribution < 1.29 is 4.79 Å². The van der Waals surface area contributed by atoms with E-state index in [0.29, 0.717) is 0 Å². The summed E-state index contributed by atoms with van der Waals surface area (Å²) in [6.45, 7) is 6.00. The minimum atomic E-state index is -0.322. The first-order valence-electron chi connectivity index (χ1n) is 8.17. The van der Waals surface area contributed by atoms with E-state index in [9.17, 15) is 4.79 Å². The number of carbonyl (C=O) groups is 1. The van der Waals surface area contributed by atoms with Crippen molar-refractivity contribution in [2.45, 2.75) is 26.8 Å². The van der Waals surface area contributed by atoms with Gasteiger partial charge in [-0.2, -0.15) is 0 Å². The minimum absolute atomic E-state index is 0.0498. The molecule has 0 aliphatic heterocycles. The molecule has 1 amide bonds. The summed E-state index contributed by atoms with van der Waals surface area (Å²) in [5.41, 5.74) is 4.19. The SMILES string of the molecule is Cc1cccc(N[C@H](C)C(=O)Nc2ccc3ccccc3c2)c1C. The van der Waals surface area contributed by atoms with E-state index < -0.39 is 0 Å². The molecule has 0 aromatic heterocycles. The number of rotatable bonds is 4. The Morgan fingerprint density at radius 2 is 1.67 bits per heavy atom. The number of fused-ring (bicyclic) bond motifs is 1. The zero-order valence-corrected chi connectivity index (χ0v) is 14.3. The molecule has 0 bridgehead atoms. The summed E-state index contributed by atoms with van der Waals surface area (Å²) in [6.07, 6.45) is 0. The van der Waals surface area contributed by atoms with Crippen LogP contribution < -0.4 is 10.6 Å². The highest BCUT2D eigenvalue weighted by Crippen LogP contribution is 2.21. The molecule has 0 unspecified atom stereocenters. The molecule has 0 radical (unpaired) electrons. The number of nitrogens with one attached hydrogen (secondary N) is 2. The van der Waals surface area contributed by atoms with Gasteiger partial charge in [-0.3, -0.25) is 4.79 Å². The quantitative estimate of drug-likeness (QED) is 0.718. The van der Waals surface area contributed by atoms with Gasteiger partial charge < -0.3 is 10.6 Å². The van der Waals surface area contributed by atoms with Crippen molar-refractivity contribution in [1.29, 1.82) is 0 Å². The van der Waals surface area contributed by atoms with Crippen molar-refractivity contribution in [1.82, 2.24) is 0 Å². The highest BCUT2D eigenvalue weighted by Gasteiger charge is 2.14. The van der Waals surface area contributed by atoms with Gasteiger partial charge in [-0.05, 0) is 60.9 Å². The van der Waals surface area contributed by atoms with E-state index in [1.165, 1.54) is 11.1 Å². The van der Waals surface area contributed by atoms with Crippen molar-refractivity contribution >= 4 is 28.1 Å². The van der Waals surface area contributed by atoms with E-state index in [2.05, 4.69) is 36.6 Å². The van der Waals surface area contributed by atoms with Crippen LogP contribution in [0.15, 0.2) is 60.7 Å². The van der Waals surface area contributed by atoms with E-state index in [4.69, 9.17) is 0 Å². The summed E-state index contributed by atoms with van der Waals surface area (Å²) < 4.78 is 0. The van der Waals surface area contributed by atoms with Crippen molar-refractivity contribution in [3.8, 4) is 0 Å². The maximum Gasteiger partial charge on any atom is 0.246 e. The van der Waals surface area contributed by atoms with E-state index >= 15 is 0 Å². The molecule has 0 saturated carbocycles. The number of amides is 1. The number of hydrogen-bond acceptors (Lipinski definition) is 2. The summed E-state index contributed by atoms with van der Waals surface area (Å²) in [7, 11) is 0. The van der Waals surface area contributed by atoms with Crippen LogP contribution in [0.2, 0.25) is 0 Å². The largest absolute Gasteiger partial charge is 0.374 e. The zero-order valence-electron chi connectivity index (χ0n) is 14.3. The van der Waals surface area contributed by atoms with Crippen molar-refractivity contribution in [3.05, 3.63) is 71.8 Å². The van der Waals surface area contributed by atoms with Crippen LogP contribution in [0.1, 0.15) is 18.1 Å². The Kier molecular flexibility index (Phi) is 4.52. The van der Waals surface area contributed by atoms with Gasteiger partial charge in [-0.15, -0.1) is 0 Å².